The molecule has 0 saturated heterocycles. The van der Waals surface area contributed by atoms with Crippen molar-refractivity contribution in [2.75, 3.05) is 0 Å². The Kier molecular flexibility index (Phi) is 5.09. The number of rotatable bonds is 6. The van der Waals surface area contributed by atoms with E-state index in [0.717, 1.165) is 42.5 Å². The lowest BCUT2D eigenvalue weighted by atomic mass is 10.0. The van der Waals surface area contributed by atoms with Gasteiger partial charge < -0.3 is 5.11 Å². The molecule has 0 radical (unpaired) electrons. The second-order valence-corrected chi connectivity index (χ2v) is 5.21. The van der Waals surface area contributed by atoms with Crippen molar-refractivity contribution in [3.05, 3.63) is 53.2 Å². The molecular formula is C18H21NO2. The van der Waals surface area contributed by atoms with Crippen LogP contribution in [0.25, 0.3) is 11.3 Å². The quantitative estimate of drug-likeness (QED) is 0.857. The number of aromatic nitrogens is 1. The van der Waals surface area contributed by atoms with Gasteiger partial charge in [-0.25, -0.2) is 9.78 Å². The van der Waals surface area contributed by atoms with E-state index in [1.165, 1.54) is 5.56 Å². The number of unbranched alkanes of at least 4 members (excludes halogenated alkanes) is 1. The number of nitrogens with zero attached hydrogens (tertiary/aromatic N) is 1. The van der Waals surface area contributed by atoms with Gasteiger partial charge in [0.05, 0.1) is 5.69 Å². The van der Waals surface area contributed by atoms with Gasteiger partial charge in [0.2, 0.25) is 0 Å². The van der Waals surface area contributed by atoms with Crippen LogP contribution in [0.5, 0.6) is 0 Å². The molecule has 0 fully saturated rings. The first kappa shape index (κ1) is 15.2. The lowest BCUT2D eigenvalue weighted by Crippen LogP contribution is -2.03. The van der Waals surface area contributed by atoms with Gasteiger partial charge in [0.25, 0.3) is 0 Å². The van der Waals surface area contributed by atoms with Crippen molar-refractivity contribution in [1.29, 1.82) is 0 Å². The van der Waals surface area contributed by atoms with E-state index in [4.69, 9.17) is 0 Å². The summed E-state index contributed by atoms with van der Waals surface area (Å²) in [6.45, 7) is 4.24. The van der Waals surface area contributed by atoms with Gasteiger partial charge >= 0.3 is 5.97 Å². The molecule has 0 bridgehead atoms. The Labute approximate surface area is 125 Å². The minimum absolute atomic E-state index is 0.123. The number of carboxylic acids is 1. The molecule has 0 atom stereocenters. The summed E-state index contributed by atoms with van der Waals surface area (Å²) in [6.07, 6.45) is 4.02. The van der Waals surface area contributed by atoms with Crippen molar-refractivity contribution in [3.63, 3.8) is 0 Å². The minimum atomic E-state index is -0.972. The van der Waals surface area contributed by atoms with E-state index in [1.54, 1.807) is 6.07 Å². The molecule has 110 valence electrons. The summed E-state index contributed by atoms with van der Waals surface area (Å²) >= 11 is 0. The van der Waals surface area contributed by atoms with Crippen LogP contribution >= 0.6 is 0 Å². The van der Waals surface area contributed by atoms with Crippen LogP contribution in [0, 0.1) is 0 Å². The first-order valence-corrected chi connectivity index (χ1v) is 7.47. The van der Waals surface area contributed by atoms with Gasteiger partial charge in [-0.3, -0.25) is 0 Å². The maximum absolute atomic E-state index is 11.2. The highest BCUT2D eigenvalue weighted by Gasteiger charge is 2.10. The molecule has 0 amide bonds. The first-order valence-electron chi connectivity index (χ1n) is 7.47. The third kappa shape index (κ3) is 3.91. The predicted molar refractivity (Wildman–Crippen MR) is 84.6 cm³/mol. The third-order valence-electron chi connectivity index (χ3n) is 3.58. The van der Waals surface area contributed by atoms with Crippen LogP contribution in [0.15, 0.2) is 36.4 Å². The minimum Gasteiger partial charge on any atom is -0.477 e. The Balaban J connectivity index is 2.40. The highest BCUT2D eigenvalue weighted by molar-refractivity contribution is 5.86. The number of aryl methyl sites for hydroxylation is 2. The second kappa shape index (κ2) is 7.02. The number of pyridine rings is 1. The van der Waals surface area contributed by atoms with E-state index in [0.29, 0.717) is 0 Å². The normalized spacial score (nSPS) is 10.6. The zero-order valence-electron chi connectivity index (χ0n) is 12.6. The van der Waals surface area contributed by atoms with Crippen LogP contribution in [-0.4, -0.2) is 16.1 Å². The van der Waals surface area contributed by atoms with Crippen molar-refractivity contribution in [3.8, 4) is 11.3 Å². The number of hydrogen-bond acceptors (Lipinski definition) is 2. The molecule has 1 aromatic carbocycles. The van der Waals surface area contributed by atoms with Crippen molar-refractivity contribution in [2.45, 2.75) is 39.5 Å². The molecule has 1 N–H and O–H groups in total. The van der Waals surface area contributed by atoms with E-state index >= 15 is 0 Å². The Bertz CT molecular complexity index is 618. The van der Waals surface area contributed by atoms with Crippen molar-refractivity contribution in [2.24, 2.45) is 0 Å². The number of hydrogen-bond donors (Lipinski definition) is 1. The number of carbonyl (C=O) groups is 1. The van der Waals surface area contributed by atoms with E-state index in [2.05, 4.69) is 31.0 Å². The molecule has 0 aliphatic heterocycles. The van der Waals surface area contributed by atoms with Crippen molar-refractivity contribution in [1.82, 2.24) is 4.98 Å². The van der Waals surface area contributed by atoms with E-state index in [9.17, 15) is 9.90 Å². The monoisotopic (exact) mass is 283 g/mol. The van der Waals surface area contributed by atoms with Gasteiger partial charge in [-0.2, -0.15) is 0 Å². The van der Waals surface area contributed by atoms with Gasteiger partial charge in [0, 0.05) is 5.56 Å². The fourth-order valence-electron chi connectivity index (χ4n) is 2.28. The van der Waals surface area contributed by atoms with Crippen molar-refractivity contribution < 1.29 is 9.90 Å². The second-order valence-electron chi connectivity index (χ2n) is 5.21. The Morgan fingerprint density at radius 1 is 1.10 bits per heavy atom. The lowest BCUT2D eigenvalue weighted by Gasteiger charge is -2.08. The summed E-state index contributed by atoms with van der Waals surface area (Å²) in [4.78, 5) is 15.5. The van der Waals surface area contributed by atoms with Crippen LogP contribution in [0.3, 0.4) is 0 Å². The summed E-state index contributed by atoms with van der Waals surface area (Å²) < 4.78 is 0. The van der Waals surface area contributed by atoms with E-state index in [1.807, 2.05) is 18.2 Å². The number of aromatic carboxylic acids is 1. The van der Waals surface area contributed by atoms with Gasteiger partial charge in [0.15, 0.2) is 0 Å². The van der Waals surface area contributed by atoms with Crippen LogP contribution in [0.2, 0.25) is 0 Å². The highest BCUT2D eigenvalue weighted by Crippen LogP contribution is 2.21. The average Bonchev–Trinajstić information content (AvgIpc) is 2.52. The van der Waals surface area contributed by atoms with Crippen LogP contribution in [-0.2, 0) is 12.8 Å². The molecule has 1 heterocycles. The average molecular weight is 283 g/mol. The van der Waals surface area contributed by atoms with Crippen LogP contribution in [0.1, 0.15) is 48.3 Å². The topological polar surface area (TPSA) is 50.2 Å². The zero-order valence-corrected chi connectivity index (χ0v) is 12.6. The van der Waals surface area contributed by atoms with Crippen LogP contribution < -0.4 is 0 Å². The maximum atomic E-state index is 11.2. The Morgan fingerprint density at radius 2 is 1.81 bits per heavy atom. The third-order valence-corrected chi connectivity index (χ3v) is 3.58. The smallest absolute Gasteiger partial charge is 0.354 e. The van der Waals surface area contributed by atoms with Gasteiger partial charge in [-0.1, -0.05) is 44.5 Å². The molecule has 2 aromatic rings. The molecule has 0 aliphatic carbocycles. The Morgan fingerprint density at radius 3 is 2.38 bits per heavy atom. The molecule has 2 rings (SSSR count). The lowest BCUT2D eigenvalue weighted by molar-refractivity contribution is 0.0690. The fraction of sp³-hybridized carbons (Fsp3) is 0.333. The molecule has 0 saturated carbocycles. The molecular weight excluding hydrogens is 262 g/mol. The summed E-state index contributed by atoms with van der Waals surface area (Å²) in [5, 5.41) is 9.23. The molecule has 0 unspecified atom stereocenters. The van der Waals surface area contributed by atoms with Gasteiger partial charge in [-0.05, 0) is 42.5 Å². The Hall–Kier alpha value is -2.16. The molecule has 0 aliphatic rings. The zero-order chi connectivity index (χ0) is 15.2. The van der Waals surface area contributed by atoms with Crippen molar-refractivity contribution >= 4 is 5.97 Å². The van der Waals surface area contributed by atoms with Gasteiger partial charge in [-0.15, -0.1) is 0 Å². The van der Waals surface area contributed by atoms with Crippen LogP contribution in [0.4, 0.5) is 0 Å². The molecule has 3 heteroatoms. The predicted octanol–water partition coefficient (Wildman–Crippen LogP) is 4.35. The summed E-state index contributed by atoms with van der Waals surface area (Å²) in [6, 6.07) is 11.8. The first-order chi connectivity index (χ1) is 10.1. The number of benzene rings is 1. The summed E-state index contributed by atoms with van der Waals surface area (Å²) in [7, 11) is 0. The SMILES string of the molecule is CCCCc1cc(C(=O)O)nc(-c2ccc(CC)cc2)c1. The van der Waals surface area contributed by atoms with E-state index < -0.39 is 5.97 Å². The summed E-state index contributed by atoms with van der Waals surface area (Å²) in [5.41, 5.74) is 4.13. The molecule has 21 heavy (non-hydrogen) atoms. The van der Waals surface area contributed by atoms with E-state index in [-0.39, 0.29) is 5.69 Å². The maximum Gasteiger partial charge on any atom is 0.354 e. The standard InChI is InChI=1S/C18H21NO2/c1-3-5-6-14-11-16(19-17(12-14)18(20)21)15-9-7-13(4-2)8-10-15/h7-12H,3-6H2,1-2H3,(H,20,21). The number of carboxylic acid groups (broad SMARTS) is 1. The molecule has 3 nitrogen and oxygen atoms in total. The highest BCUT2D eigenvalue weighted by atomic mass is 16.4. The summed E-state index contributed by atoms with van der Waals surface area (Å²) in [5.74, 6) is -0.972. The fourth-order valence-corrected chi connectivity index (χ4v) is 2.28. The van der Waals surface area contributed by atoms with Gasteiger partial charge in [0.1, 0.15) is 5.69 Å². The molecule has 1 aromatic heterocycles. The molecule has 0 spiro atoms. The largest absolute Gasteiger partial charge is 0.477 e.